The molecule has 1 saturated carbocycles. The van der Waals surface area contributed by atoms with Gasteiger partial charge in [0, 0.05) is 38.4 Å². The van der Waals surface area contributed by atoms with Crippen molar-refractivity contribution >= 4 is 11.8 Å². The molecule has 2 aromatic heterocycles. The van der Waals surface area contributed by atoms with Crippen molar-refractivity contribution in [3.05, 3.63) is 30.5 Å². The van der Waals surface area contributed by atoms with E-state index in [0.717, 1.165) is 19.5 Å². The molecule has 25 heavy (non-hydrogen) atoms. The highest BCUT2D eigenvalue weighted by atomic mass is 16.3. The van der Waals surface area contributed by atoms with Gasteiger partial charge in [0.2, 0.25) is 5.95 Å². The van der Waals surface area contributed by atoms with E-state index in [2.05, 4.69) is 31.7 Å². The van der Waals surface area contributed by atoms with Gasteiger partial charge in [-0.2, -0.15) is 10.2 Å². The Kier molecular flexibility index (Phi) is 4.86. The van der Waals surface area contributed by atoms with Crippen molar-refractivity contribution in [2.24, 2.45) is 5.41 Å². The minimum atomic E-state index is -0.335. The summed E-state index contributed by atoms with van der Waals surface area (Å²) in [6.07, 6.45) is 8.21. The lowest BCUT2D eigenvalue weighted by molar-refractivity contribution is -0.0511. The summed E-state index contributed by atoms with van der Waals surface area (Å²) < 4.78 is 2.01. The van der Waals surface area contributed by atoms with Crippen LogP contribution in [-0.4, -0.2) is 43.3 Å². The first kappa shape index (κ1) is 17.2. The van der Waals surface area contributed by atoms with E-state index in [1.54, 1.807) is 12.5 Å². The van der Waals surface area contributed by atoms with Crippen molar-refractivity contribution in [2.45, 2.75) is 45.4 Å². The summed E-state index contributed by atoms with van der Waals surface area (Å²) in [5, 5.41) is 25.6. The lowest BCUT2D eigenvalue weighted by Gasteiger charge is -2.49. The van der Waals surface area contributed by atoms with E-state index < -0.39 is 0 Å². The van der Waals surface area contributed by atoms with Gasteiger partial charge in [-0.3, -0.25) is 0 Å². The summed E-state index contributed by atoms with van der Waals surface area (Å²) in [7, 11) is 0. The van der Waals surface area contributed by atoms with Gasteiger partial charge in [-0.1, -0.05) is 13.8 Å². The third kappa shape index (κ3) is 3.72. The molecule has 1 fully saturated rings. The predicted octanol–water partition coefficient (Wildman–Crippen LogP) is 1.86. The Bertz CT molecular complexity index is 757. The fourth-order valence-corrected chi connectivity index (χ4v) is 2.85. The summed E-state index contributed by atoms with van der Waals surface area (Å²) >= 11 is 0. The van der Waals surface area contributed by atoms with Gasteiger partial charge in [-0.25, -0.2) is 9.97 Å². The Morgan fingerprint density at radius 3 is 3.00 bits per heavy atom. The largest absolute Gasteiger partial charge is 0.392 e. The van der Waals surface area contributed by atoms with Crippen molar-refractivity contribution in [1.29, 1.82) is 5.26 Å². The molecule has 1 aliphatic rings. The maximum atomic E-state index is 9.87. The molecule has 8 nitrogen and oxygen atoms in total. The SMILES string of the molecule is CC1(C)[C@@H](O)C[C@H]1Nc1nc(NCCCn2ccnc2)ncc1C#N.[HH]. The summed E-state index contributed by atoms with van der Waals surface area (Å²) in [5.41, 5.74) is 0.164. The zero-order valence-corrected chi connectivity index (χ0v) is 14.5. The zero-order chi connectivity index (χ0) is 17.9. The minimum Gasteiger partial charge on any atom is -0.392 e. The second kappa shape index (κ2) is 7.07. The topological polar surface area (TPSA) is 112 Å². The fourth-order valence-electron chi connectivity index (χ4n) is 2.85. The molecule has 0 radical (unpaired) electrons. The van der Waals surface area contributed by atoms with E-state index in [1.165, 1.54) is 6.20 Å². The number of imidazole rings is 1. The van der Waals surface area contributed by atoms with Crippen LogP contribution in [0.2, 0.25) is 0 Å². The average Bonchev–Trinajstić information content (AvgIpc) is 3.12. The molecule has 0 unspecified atom stereocenters. The molecule has 8 heteroatoms. The van der Waals surface area contributed by atoms with E-state index in [0.29, 0.717) is 23.8 Å². The second-order valence-electron chi connectivity index (χ2n) is 6.92. The number of hydrogen-bond donors (Lipinski definition) is 3. The number of aryl methyl sites for hydroxylation is 1. The molecule has 0 aromatic carbocycles. The highest BCUT2D eigenvalue weighted by Gasteiger charge is 2.47. The van der Waals surface area contributed by atoms with Crippen molar-refractivity contribution in [3.63, 3.8) is 0 Å². The molecule has 2 heterocycles. The van der Waals surface area contributed by atoms with Gasteiger partial charge in [0.1, 0.15) is 17.5 Å². The van der Waals surface area contributed by atoms with Crippen molar-refractivity contribution in [1.82, 2.24) is 19.5 Å². The monoisotopic (exact) mass is 343 g/mol. The number of nitriles is 1. The van der Waals surface area contributed by atoms with Crippen molar-refractivity contribution in [3.8, 4) is 6.07 Å². The first-order valence-electron chi connectivity index (χ1n) is 8.42. The number of aromatic nitrogens is 4. The summed E-state index contributed by atoms with van der Waals surface area (Å²) in [6.45, 7) is 5.59. The quantitative estimate of drug-likeness (QED) is 0.658. The molecule has 0 aliphatic heterocycles. The lowest BCUT2D eigenvalue weighted by atomic mass is 9.64. The molecule has 0 saturated heterocycles. The van der Waals surface area contributed by atoms with Crippen LogP contribution in [-0.2, 0) is 6.54 Å². The summed E-state index contributed by atoms with van der Waals surface area (Å²) in [5.74, 6) is 1.00. The van der Waals surface area contributed by atoms with Gasteiger partial charge in [-0.05, 0) is 12.8 Å². The number of nitrogens with one attached hydrogen (secondary N) is 2. The van der Waals surface area contributed by atoms with Crippen molar-refractivity contribution < 1.29 is 6.53 Å². The van der Waals surface area contributed by atoms with E-state index in [9.17, 15) is 10.4 Å². The molecule has 2 atom stereocenters. The van der Waals surface area contributed by atoms with Gasteiger partial charge in [-0.15, -0.1) is 0 Å². The molecule has 2 aromatic rings. The molecular weight excluding hydrogens is 318 g/mol. The Balaban J connectivity index is 0.00000243. The molecular formula is C17H25N7O. The van der Waals surface area contributed by atoms with Crippen LogP contribution in [0.1, 0.15) is 33.7 Å². The van der Waals surface area contributed by atoms with E-state index in [-0.39, 0.29) is 19.0 Å². The van der Waals surface area contributed by atoms with Crippen LogP contribution in [0.3, 0.4) is 0 Å². The van der Waals surface area contributed by atoms with Crippen LogP contribution in [0.4, 0.5) is 11.8 Å². The van der Waals surface area contributed by atoms with Crippen LogP contribution in [0.15, 0.2) is 24.9 Å². The maximum absolute atomic E-state index is 9.87. The first-order chi connectivity index (χ1) is 12.0. The molecule has 3 N–H and O–H groups in total. The standard InChI is InChI=1S/C17H23N7O.H2/c1-17(2)13(8-14(17)25)22-15-12(9-18)10-21-16(23-15)20-4-3-6-24-7-5-19-11-24;/h5,7,10-11,13-14,25H,3-4,6,8H2,1-2H3,(H2,20,21,22,23);1H/t13-,14+;/m1./s1. The van der Waals surface area contributed by atoms with Gasteiger partial charge in [0.25, 0.3) is 0 Å². The van der Waals surface area contributed by atoms with E-state index >= 15 is 0 Å². The lowest BCUT2D eigenvalue weighted by Crippen LogP contribution is -2.57. The highest BCUT2D eigenvalue weighted by Crippen LogP contribution is 2.42. The van der Waals surface area contributed by atoms with Gasteiger partial charge in [0.15, 0.2) is 0 Å². The molecule has 0 amide bonds. The summed E-state index contributed by atoms with van der Waals surface area (Å²) in [4.78, 5) is 12.6. The fraction of sp³-hybridized carbons (Fsp3) is 0.529. The zero-order valence-electron chi connectivity index (χ0n) is 14.5. The van der Waals surface area contributed by atoms with Crippen LogP contribution >= 0.6 is 0 Å². The summed E-state index contributed by atoms with van der Waals surface area (Å²) in [6, 6.07) is 2.19. The molecule has 3 rings (SSSR count). The third-order valence-corrected chi connectivity index (χ3v) is 4.87. The number of rotatable bonds is 7. The van der Waals surface area contributed by atoms with Crippen LogP contribution in [0.5, 0.6) is 0 Å². The number of aliphatic hydroxyl groups excluding tert-OH is 1. The molecule has 0 bridgehead atoms. The molecule has 1 aliphatic carbocycles. The minimum absolute atomic E-state index is 0. The van der Waals surface area contributed by atoms with Crippen LogP contribution in [0.25, 0.3) is 0 Å². The first-order valence-corrected chi connectivity index (χ1v) is 8.42. The number of hydrogen-bond acceptors (Lipinski definition) is 7. The van der Waals surface area contributed by atoms with Gasteiger partial charge >= 0.3 is 0 Å². The molecule has 134 valence electrons. The Morgan fingerprint density at radius 2 is 2.36 bits per heavy atom. The van der Waals surface area contributed by atoms with E-state index in [1.807, 2.05) is 24.6 Å². The normalized spacial score (nSPS) is 21.2. The number of nitrogens with zero attached hydrogens (tertiary/aromatic N) is 5. The maximum Gasteiger partial charge on any atom is 0.224 e. The highest BCUT2D eigenvalue weighted by molar-refractivity contribution is 5.54. The van der Waals surface area contributed by atoms with E-state index in [4.69, 9.17) is 0 Å². The Hall–Kier alpha value is -2.66. The third-order valence-electron chi connectivity index (χ3n) is 4.87. The smallest absolute Gasteiger partial charge is 0.224 e. The number of anilines is 2. The number of aliphatic hydroxyl groups is 1. The van der Waals surface area contributed by atoms with Crippen LogP contribution in [0, 0.1) is 16.7 Å². The molecule has 0 spiro atoms. The van der Waals surface area contributed by atoms with Gasteiger partial charge in [0.05, 0.1) is 18.6 Å². The Labute approximate surface area is 148 Å². The predicted molar refractivity (Wildman–Crippen MR) is 96.0 cm³/mol. The van der Waals surface area contributed by atoms with Crippen molar-refractivity contribution in [2.75, 3.05) is 17.2 Å². The average molecular weight is 343 g/mol. The second-order valence-corrected chi connectivity index (χ2v) is 6.92. The van der Waals surface area contributed by atoms with Crippen LogP contribution < -0.4 is 10.6 Å². The Morgan fingerprint density at radius 1 is 1.52 bits per heavy atom. The van der Waals surface area contributed by atoms with Gasteiger partial charge < -0.3 is 20.3 Å².